The largest absolute Gasteiger partial charge is 0.456 e. The summed E-state index contributed by atoms with van der Waals surface area (Å²) in [6.07, 6.45) is 0. The van der Waals surface area contributed by atoms with Gasteiger partial charge in [-0.1, -0.05) is 164 Å². The topological polar surface area (TPSA) is 65.0 Å². The molecule has 2 aliphatic rings. The quantitative estimate of drug-likeness (QED) is 0.176. The van der Waals surface area contributed by atoms with E-state index < -0.39 is 5.41 Å². The summed E-state index contributed by atoms with van der Waals surface area (Å²) < 4.78 is 15.5. The van der Waals surface area contributed by atoms with Crippen LogP contribution in [0.3, 0.4) is 0 Å². The van der Waals surface area contributed by atoms with Crippen molar-refractivity contribution in [2.45, 2.75) is 5.41 Å². The maximum absolute atomic E-state index is 6.69. The van der Waals surface area contributed by atoms with Crippen LogP contribution in [0.2, 0.25) is 0 Å². The maximum atomic E-state index is 6.69. The van der Waals surface area contributed by atoms with Gasteiger partial charge in [0, 0.05) is 58.4 Å². The van der Waals surface area contributed by atoms with E-state index in [-0.39, 0.29) is 0 Å². The fourth-order valence-corrected chi connectivity index (χ4v) is 13.3. The van der Waals surface area contributed by atoms with Gasteiger partial charge in [0.2, 0.25) is 0 Å². The molecular weight excluding hydrogens is 875 g/mol. The Morgan fingerprint density at radius 1 is 0.300 bits per heavy atom. The van der Waals surface area contributed by atoms with Gasteiger partial charge in [-0.05, 0) is 104 Å². The first-order chi connectivity index (χ1) is 34.7. The number of fused-ring (bicyclic) bond motifs is 19. The first-order valence-electron chi connectivity index (χ1n) is 23.7. The van der Waals surface area contributed by atoms with E-state index in [1.165, 1.54) is 59.3 Å². The molecule has 0 radical (unpaired) electrons. The summed E-state index contributed by atoms with van der Waals surface area (Å²) in [5, 5.41) is 6.26. The highest BCUT2D eigenvalue weighted by Crippen LogP contribution is 2.63. The van der Waals surface area contributed by atoms with E-state index >= 15 is 0 Å². The van der Waals surface area contributed by atoms with Crippen LogP contribution in [-0.2, 0) is 5.41 Å². The summed E-state index contributed by atoms with van der Waals surface area (Å²) in [6, 6.07) is 76.0. The molecule has 0 aliphatic heterocycles. The van der Waals surface area contributed by atoms with Crippen molar-refractivity contribution >= 4 is 75.4 Å². The van der Waals surface area contributed by atoms with Crippen molar-refractivity contribution in [2.75, 3.05) is 0 Å². The molecule has 14 aromatic rings. The Morgan fingerprint density at radius 3 is 1.41 bits per heavy atom. The Balaban J connectivity index is 0.909. The van der Waals surface area contributed by atoms with Crippen molar-refractivity contribution in [3.63, 3.8) is 0 Å². The monoisotopic (exact) mass is 909 g/mol. The minimum Gasteiger partial charge on any atom is -0.456 e. The third kappa shape index (κ3) is 5.07. The molecule has 5 nitrogen and oxygen atoms in total. The van der Waals surface area contributed by atoms with E-state index in [1.54, 1.807) is 11.3 Å². The number of nitrogens with zero attached hydrogens (tertiary/aromatic N) is 3. The predicted octanol–water partition coefficient (Wildman–Crippen LogP) is 17.0. The van der Waals surface area contributed by atoms with E-state index in [0.29, 0.717) is 17.5 Å². The molecule has 324 valence electrons. The van der Waals surface area contributed by atoms with Crippen LogP contribution in [0.5, 0.6) is 0 Å². The Hall–Kier alpha value is -8.97. The third-order valence-electron chi connectivity index (χ3n) is 15.0. The molecule has 0 fully saturated rings. The first-order valence-corrected chi connectivity index (χ1v) is 24.5. The average Bonchev–Trinajstić information content (AvgIpc) is 4.24. The zero-order valence-electron chi connectivity index (χ0n) is 37.3. The molecule has 0 bridgehead atoms. The molecule has 70 heavy (non-hydrogen) atoms. The van der Waals surface area contributed by atoms with Crippen LogP contribution in [0.1, 0.15) is 22.3 Å². The minimum atomic E-state index is -0.391. The summed E-state index contributed by atoms with van der Waals surface area (Å²) in [4.78, 5) is 16.2. The summed E-state index contributed by atoms with van der Waals surface area (Å²) in [6.45, 7) is 0. The van der Waals surface area contributed by atoms with Crippen LogP contribution in [0.4, 0.5) is 0 Å². The van der Waals surface area contributed by atoms with E-state index in [1.807, 2.05) is 42.5 Å². The second-order valence-corrected chi connectivity index (χ2v) is 19.6. The lowest BCUT2D eigenvalue weighted by atomic mass is 9.70. The van der Waals surface area contributed by atoms with E-state index in [9.17, 15) is 0 Å². The Bertz CT molecular complexity index is 4400. The molecule has 4 heterocycles. The number of hydrogen-bond acceptors (Lipinski definition) is 6. The molecule has 0 unspecified atom stereocenters. The molecular formula is C64H35N3O2S. The van der Waals surface area contributed by atoms with Crippen LogP contribution in [0.25, 0.3) is 132 Å². The van der Waals surface area contributed by atoms with E-state index in [4.69, 9.17) is 23.8 Å². The van der Waals surface area contributed by atoms with Crippen molar-refractivity contribution in [1.82, 2.24) is 15.0 Å². The van der Waals surface area contributed by atoms with Gasteiger partial charge in [-0.15, -0.1) is 11.3 Å². The number of para-hydroxylation sites is 1. The molecule has 4 aromatic heterocycles. The van der Waals surface area contributed by atoms with Crippen LogP contribution in [-0.4, -0.2) is 15.0 Å². The second-order valence-electron chi connectivity index (χ2n) is 18.5. The highest BCUT2D eigenvalue weighted by Gasteiger charge is 2.51. The van der Waals surface area contributed by atoms with Gasteiger partial charge in [0.15, 0.2) is 17.5 Å². The highest BCUT2D eigenvalue weighted by molar-refractivity contribution is 7.25. The van der Waals surface area contributed by atoms with Crippen LogP contribution in [0.15, 0.2) is 221 Å². The zero-order valence-corrected chi connectivity index (χ0v) is 38.1. The molecule has 16 rings (SSSR count). The number of benzene rings is 10. The summed E-state index contributed by atoms with van der Waals surface area (Å²) >= 11 is 1.79. The second kappa shape index (κ2) is 14.0. The lowest BCUT2D eigenvalue weighted by Gasteiger charge is -2.30. The molecule has 0 amide bonds. The van der Waals surface area contributed by atoms with Gasteiger partial charge in [0.05, 0.1) is 5.41 Å². The molecule has 6 heteroatoms. The highest BCUT2D eigenvalue weighted by atomic mass is 32.1. The van der Waals surface area contributed by atoms with Crippen molar-refractivity contribution < 1.29 is 8.83 Å². The Morgan fingerprint density at radius 2 is 0.743 bits per heavy atom. The number of aromatic nitrogens is 3. The molecule has 10 aromatic carbocycles. The van der Waals surface area contributed by atoms with Crippen molar-refractivity contribution in [3.8, 4) is 67.5 Å². The molecule has 0 atom stereocenters. The fourth-order valence-electron chi connectivity index (χ4n) is 12.1. The number of rotatable bonds is 4. The molecule has 1 spiro atoms. The van der Waals surface area contributed by atoms with Gasteiger partial charge >= 0.3 is 0 Å². The van der Waals surface area contributed by atoms with Gasteiger partial charge < -0.3 is 8.83 Å². The first kappa shape index (κ1) is 38.0. The van der Waals surface area contributed by atoms with Crippen molar-refractivity contribution in [1.29, 1.82) is 0 Å². The summed E-state index contributed by atoms with van der Waals surface area (Å²) in [7, 11) is 0. The molecule has 0 saturated carbocycles. The van der Waals surface area contributed by atoms with Crippen LogP contribution >= 0.6 is 11.3 Å². The van der Waals surface area contributed by atoms with Crippen molar-refractivity contribution in [2.24, 2.45) is 0 Å². The number of hydrogen-bond donors (Lipinski definition) is 0. The van der Waals surface area contributed by atoms with Gasteiger partial charge in [-0.3, -0.25) is 0 Å². The van der Waals surface area contributed by atoms with Crippen LogP contribution in [0, 0.1) is 0 Å². The average molecular weight is 910 g/mol. The van der Waals surface area contributed by atoms with Gasteiger partial charge in [-0.2, -0.15) is 0 Å². The standard InChI is InChI=1S/C64H35N3O2S/c1-6-22-48-38(14-1)39-15-2-7-23-49(39)64(48)50-24-8-3-16-40(50)46-34-36(30-32-51(46)64)37-31-33-53-47(35-37)59-44(20-12-27-55(59)69-53)62-65-61(43-19-11-26-54-58(43)41-17-4-9-25-52(41)68-54)66-63(67-62)45-21-13-29-57-60(45)42-18-5-10-28-56(42)70-57/h1-35H. The smallest absolute Gasteiger partial charge is 0.164 e. The van der Waals surface area contributed by atoms with Gasteiger partial charge in [0.25, 0.3) is 0 Å². The van der Waals surface area contributed by atoms with E-state index in [0.717, 1.165) is 77.1 Å². The number of thiophene rings is 1. The summed E-state index contributed by atoms with van der Waals surface area (Å²) in [5.74, 6) is 1.74. The molecule has 0 saturated heterocycles. The van der Waals surface area contributed by atoms with Gasteiger partial charge in [-0.25, -0.2) is 15.0 Å². The summed E-state index contributed by atoms with van der Waals surface area (Å²) in [5.41, 5.74) is 18.2. The normalized spacial score (nSPS) is 13.3. The Labute approximate surface area is 404 Å². The fraction of sp³-hybridized carbons (Fsp3) is 0.0156. The lowest BCUT2D eigenvalue weighted by molar-refractivity contribution is 0.668. The lowest BCUT2D eigenvalue weighted by Crippen LogP contribution is -2.25. The van der Waals surface area contributed by atoms with Crippen molar-refractivity contribution in [3.05, 3.63) is 235 Å². The molecule has 0 N–H and O–H groups in total. The van der Waals surface area contributed by atoms with E-state index in [2.05, 4.69) is 170 Å². The Kier molecular flexibility index (Phi) is 7.63. The predicted molar refractivity (Wildman–Crippen MR) is 285 cm³/mol. The molecule has 2 aliphatic carbocycles. The van der Waals surface area contributed by atoms with Gasteiger partial charge in [0.1, 0.15) is 22.3 Å². The van der Waals surface area contributed by atoms with Crippen LogP contribution < -0.4 is 0 Å². The third-order valence-corrected chi connectivity index (χ3v) is 16.1. The maximum Gasteiger partial charge on any atom is 0.164 e. The zero-order chi connectivity index (χ0) is 45.7. The SMILES string of the molecule is c1ccc2c(c1)-c1ccccc1C21c2ccccc2-c2cc(-c3ccc4oc5cccc(-c6nc(-c7cccc8oc9ccccc9c78)nc(-c7cccc8sc9ccccc9c78)n6)c5c4c3)ccc21. The minimum absolute atomic E-state index is 0.391. The number of furan rings is 2.